The van der Waals surface area contributed by atoms with E-state index in [1.807, 2.05) is 0 Å². The van der Waals surface area contributed by atoms with Gasteiger partial charge in [0.2, 0.25) is 0 Å². The molecule has 0 aromatic rings. The van der Waals surface area contributed by atoms with Gasteiger partial charge < -0.3 is 4.74 Å². The summed E-state index contributed by atoms with van der Waals surface area (Å²) in [6.07, 6.45) is 23.2. The summed E-state index contributed by atoms with van der Waals surface area (Å²) in [6.45, 7) is 8.48. The molecule has 0 bridgehead atoms. The molecule has 4 aliphatic rings. The minimum absolute atomic E-state index is 0.127. The summed E-state index contributed by atoms with van der Waals surface area (Å²) >= 11 is 0. The Balaban J connectivity index is 1.34. The highest BCUT2D eigenvalue weighted by atomic mass is 16.5. The number of ether oxygens (including phenoxy) is 1. The number of hydrogen-bond donors (Lipinski definition) is 0. The quantitative estimate of drug-likeness (QED) is 0.319. The Morgan fingerprint density at radius 3 is 1.72 bits per heavy atom. The average molecular weight is 444 g/mol. The van der Waals surface area contributed by atoms with E-state index in [0.717, 1.165) is 54.6 Å². The van der Waals surface area contributed by atoms with E-state index in [4.69, 9.17) is 4.74 Å². The van der Waals surface area contributed by atoms with Crippen LogP contribution in [-0.2, 0) is 9.53 Å². The first-order valence-electron chi connectivity index (χ1n) is 14.1. The number of esters is 1. The predicted molar refractivity (Wildman–Crippen MR) is 132 cm³/mol. The van der Waals surface area contributed by atoms with Crippen molar-refractivity contribution in [2.75, 3.05) is 0 Å². The van der Waals surface area contributed by atoms with Crippen LogP contribution in [0.4, 0.5) is 0 Å². The van der Waals surface area contributed by atoms with Crippen LogP contribution >= 0.6 is 0 Å². The molecule has 0 N–H and O–H groups in total. The predicted octanol–water partition coefficient (Wildman–Crippen LogP) is 7.29. The van der Waals surface area contributed by atoms with Crippen LogP contribution in [0.15, 0.2) is 12.7 Å². The van der Waals surface area contributed by atoms with Gasteiger partial charge in [-0.25, -0.2) is 4.79 Å². The number of hydrogen-bond acceptors (Lipinski definition) is 3. The Hall–Kier alpha value is -0.830. The van der Waals surface area contributed by atoms with Crippen molar-refractivity contribution < 1.29 is 9.53 Å². The minimum atomic E-state index is -0.237. The van der Waals surface area contributed by atoms with Gasteiger partial charge in [-0.3, -0.25) is 4.90 Å². The van der Waals surface area contributed by atoms with E-state index in [0.29, 0.717) is 0 Å². The second kappa shape index (κ2) is 11.5. The van der Waals surface area contributed by atoms with Crippen LogP contribution in [0.3, 0.4) is 0 Å². The van der Waals surface area contributed by atoms with Crippen molar-refractivity contribution in [1.82, 2.24) is 4.90 Å². The first kappa shape index (κ1) is 24.3. The van der Waals surface area contributed by atoms with Crippen LogP contribution in [0.2, 0.25) is 0 Å². The molecular weight excluding hydrogens is 394 g/mol. The highest BCUT2D eigenvalue weighted by Gasteiger charge is 2.39. The van der Waals surface area contributed by atoms with Gasteiger partial charge in [-0.05, 0) is 126 Å². The van der Waals surface area contributed by atoms with Gasteiger partial charge >= 0.3 is 5.97 Å². The fourth-order valence-corrected chi connectivity index (χ4v) is 7.78. The average Bonchev–Trinajstić information content (AvgIpc) is 2.82. The maximum absolute atomic E-state index is 11.7. The van der Waals surface area contributed by atoms with Gasteiger partial charge in [0, 0.05) is 24.2 Å². The van der Waals surface area contributed by atoms with E-state index in [-0.39, 0.29) is 12.1 Å². The van der Waals surface area contributed by atoms with E-state index in [9.17, 15) is 4.79 Å². The molecule has 4 fully saturated rings. The Morgan fingerprint density at radius 1 is 0.719 bits per heavy atom. The molecule has 4 rings (SSSR count). The van der Waals surface area contributed by atoms with Crippen molar-refractivity contribution >= 4 is 5.97 Å². The van der Waals surface area contributed by atoms with E-state index in [2.05, 4.69) is 25.3 Å². The first-order valence-corrected chi connectivity index (χ1v) is 14.1. The SMILES string of the molecule is C=CC(=O)OC1CCCC(C2CCC(N(C3CCC(C)CC3)C3CCC(C)CC3)CC2)C1. The number of carbonyl (C=O) groups excluding carboxylic acids is 1. The lowest BCUT2D eigenvalue weighted by Gasteiger charge is -2.50. The van der Waals surface area contributed by atoms with Crippen molar-refractivity contribution in [3.05, 3.63) is 12.7 Å². The number of nitrogens with zero attached hydrogens (tertiary/aromatic N) is 1. The standard InChI is InChI=1S/C29H49NO2/c1-4-29(31)32-28-7-5-6-24(20-28)23-12-18-27(19-13-23)30(25-14-8-21(2)9-15-25)26-16-10-22(3)11-17-26/h4,21-28H,1,5-20H2,2-3H3. The molecule has 0 spiro atoms. The normalized spacial score (nSPS) is 41.2. The second-order valence-electron chi connectivity index (χ2n) is 12.0. The zero-order chi connectivity index (χ0) is 22.5. The van der Waals surface area contributed by atoms with Crippen LogP contribution in [0.25, 0.3) is 0 Å². The molecule has 0 radical (unpaired) electrons. The van der Waals surface area contributed by atoms with Crippen LogP contribution in [0, 0.1) is 23.7 Å². The lowest BCUT2D eigenvalue weighted by Crippen LogP contribution is -2.53. The van der Waals surface area contributed by atoms with E-state index in [1.165, 1.54) is 96.0 Å². The monoisotopic (exact) mass is 443 g/mol. The maximum Gasteiger partial charge on any atom is 0.330 e. The lowest BCUT2D eigenvalue weighted by atomic mass is 9.71. The summed E-state index contributed by atoms with van der Waals surface area (Å²) in [5.41, 5.74) is 0. The summed E-state index contributed by atoms with van der Waals surface area (Å²) in [4.78, 5) is 14.8. The van der Waals surface area contributed by atoms with Crippen molar-refractivity contribution in [1.29, 1.82) is 0 Å². The van der Waals surface area contributed by atoms with Crippen molar-refractivity contribution in [2.24, 2.45) is 23.7 Å². The molecule has 3 nitrogen and oxygen atoms in total. The second-order valence-corrected chi connectivity index (χ2v) is 12.0. The molecule has 3 heteroatoms. The maximum atomic E-state index is 11.7. The molecule has 182 valence electrons. The van der Waals surface area contributed by atoms with Gasteiger partial charge in [0.1, 0.15) is 6.10 Å². The van der Waals surface area contributed by atoms with Crippen LogP contribution < -0.4 is 0 Å². The molecule has 4 saturated carbocycles. The minimum Gasteiger partial charge on any atom is -0.459 e. The summed E-state index contributed by atoms with van der Waals surface area (Å²) < 4.78 is 5.63. The van der Waals surface area contributed by atoms with Gasteiger partial charge in [-0.2, -0.15) is 0 Å². The fourth-order valence-electron chi connectivity index (χ4n) is 7.78. The first-order chi connectivity index (χ1) is 15.5. The van der Waals surface area contributed by atoms with Gasteiger partial charge in [0.15, 0.2) is 0 Å². The highest BCUT2D eigenvalue weighted by Crippen LogP contribution is 2.43. The van der Waals surface area contributed by atoms with Crippen molar-refractivity contribution in [3.63, 3.8) is 0 Å². The third-order valence-electron chi connectivity index (χ3n) is 9.76. The zero-order valence-electron chi connectivity index (χ0n) is 21.0. The summed E-state index contributed by atoms with van der Waals surface area (Å²) in [5.74, 6) is 3.23. The molecule has 2 unspecified atom stereocenters. The summed E-state index contributed by atoms with van der Waals surface area (Å²) in [6, 6.07) is 2.52. The van der Waals surface area contributed by atoms with Gasteiger partial charge in [-0.15, -0.1) is 0 Å². The largest absolute Gasteiger partial charge is 0.459 e. The summed E-state index contributed by atoms with van der Waals surface area (Å²) in [5, 5.41) is 0. The Labute approximate surface area is 197 Å². The van der Waals surface area contributed by atoms with Crippen molar-refractivity contribution in [3.8, 4) is 0 Å². The molecule has 0 aliphatic heterocycles. The Bertz CT molecular complexity index is 572. The molecule has 32 heavy (non-hydrogen) atoms. The Kier molecular flexibility index (Phi) is 8.76. The molecule has 0 saturated heterocycles. The highest BCUT2D eigenvalue weighted by molar-refractivity contribution is 5.81. The lowest BCUT2D eigenvalue weighted by molar-refractivity contribution is -0.145. The van der Waals surface area contributed by atoms with Crippen LogP contribution in [0.1, 0.15) is 117 Å². The van der Waals surface area contributed by atoms with E-state index < -0.39 is 0 Å². The fraction of sp³-hybridized carbons (Fsp3) is 0.897. The zero-order valence-corrected chi connectivity index (χ0v) is 21.0. The molecular formula is C29H49NO2. The van der Waals surface area contributed by atoms with Gasteiger partial charge in [-0.1, -0.05) is 20.4 Å². The third kappa shape index (κ3) is 6.19. The smallest absolute Gasteiger partial charge is 0.330 e. The summed E-state index contributed by atoms with van der Waals surface area (Å²) in [7, 11) is 0. The Morgan fingerprint density at radius 2 is 1.22 bits per heavy atom. The molecule has 0 aromatic heterocycles. The molecule has 4 aliphatic carbocycles. The third-order valence-corrected chi connectivity index (χ3v) is 9.76. The number of carbonyl (C=O) groups is 1. The van der Waals surface area contributed by atoms with E-state index >= 15 is 0 Å². The van der Waals surface area contributed by atoms with Crippen LogP contribution in [-0.4, -0.2) is 35.1 Å². The van der Waals surface area contributed by atoms with Gasteiger partial charge in [0.05, 0.1) is 0 Å². The molecule has 0 heterocycles. The molecule has 0 amide bonds. The van der Waals surface area contributed by atoms with Crippen LogP contribution in [0.5, 0.6) is 0 Å². The van der Waals surface area contributed by atoms with Gasteiger partial charge in [0.25, 0.3) is 0 Å². The molecule has 0 aromatic carbocycles. The van der Waals surface area contributed by atoms with Crippen molar-refractivity contribution in [2.45, 2.75) is 141 Å². The topological polar surface area (TPSA) is 29.5 Å². The number of rotatable bonds is 6. The molecule has 2 atom stereocenters. The van der Waals surface area contributed by atoms with E-state index in [1.54, 1.807) is 0 Å².